The molecule has 0 aromatic carbocycles. The van der Waals surface area contributed by atoms with Crippen LogP contribution in [0.2, 0.25) is 0 Å². The summed E-state index contributed by atoms with van der Waals surface area (Å²) in [5, 5.41) is 6.69. The van der Waals surface area contributed by atoms with Crippen LogP contribution in [0.3, 0.4) is 0 Å². The van der Waals surface area contributed by atoms with Crippen molar-refractivity contribution in [1.82, 2.24) is 10.3 Å². The standard InChI is InChI=1S/C13H23N3OS/c1-10(2)14-7-11-9-18-13(15-11)16-6-4-5-12(8-16)17-3/h9-10,12,14H,4-8H2,1-3H3. The summed E-state index contributed by atoms with van der Waals surface area (Å²) in [5.41, 5.74) is 1.14. The minimum absolute atomic E-state index is 0.361. The summed E-state index contributed by atoms with van der Waals surface area (Å²) in [4.78, 5) is 7.05. The molecule has 4 nitrogen and oxygen atoms in total. The first-order valence-corrected chi connectivity index (χ1v) is 7.52. The molecule has 0 aliphatic carbocycles. The van der Waals surface area contributed by atoms with Gasteiger partial charge in [-0.1, -0.05) is 13.8 Å². The van der Waals surface area contributed by atoms with Gasteiger partial charge in [0.2, 0.25) is 0 Å². The predicted octanol–water partition coefficient (Wildman–Crippen LogP) is 2.26. The molecule has 0 spiro atoms. The number of hydrogen-bond acceptors (Lipinski definition) is 5. The fourth-order valence-electron chi connectivity index (χ4n) is 2.14. The zero-order valence-electron chi connectivity index (χ0n) is 11.5. The highest BCUT2D eigenvalue weighted by Gasteiger charge is 2.21. The van der Waals surface area contributed by atoms with Crippen LogP contribution < -0.4 is 10.2 Å². The van der Waals surface area contributed by atoms with Gasteiger partial charge in [-0.3, -0.25) is 0 Å². The molecule has 1 unspecified atom stereocenters. The third kappa shape index (κ3) is 3.67. The van der Waals surface area contributed by atoms with E-state index in [0.717, 1.165) is 30.5 Å². The number of ether oxygens (including phenoxy) is 1. The SMILES string of the molecule is COC1CCCN(c2nc(CNC(C)C)cs2)C1. The average Bonchev–Trinajstić information content (AvgIpc) is 2.85. The number of anilines is 1. The number of piperidine rings is 1. The number of thiazole rings is 1. The number of methoxy groups -OCH3 is 1. The van der Waals surface area contributed by atoms with Crippen LogP contribution >= 0.6 is 11.3 Å². The van der Waals surface area contributed by atoms with Gasteiger partial charge in [-0.15, -0.1) is 11.3 Å². The molecule has 1 aromatic heterocycles. The maximum atomic E-state index is 5.45. The highest BCUT2D eigenvalue weighted by atomic mass is 32.1. The van der Waals surface area contributed by atoms with Crippen LogP contribution in [0.4, 0.5) is 5.13 Å². The molecule has 5 heteroatoms. The van der Waals surface area contributed by atoms with Crippen molar-refractivity contribution in [3.05, 3.63) is 11.1 Å². The molecule has 1 atom stereocenters. The van der Waals surface area contributed by atoms with E-state index in [1.54, 1.807) is 18.4 Å². The van der Waals surface area contributed by atoms with Crippen molar-refractivity contribution >= 4 is 16.5 Å². The monoisotopic (exact) mass is 269 g/mol. The van der Waals surface area contributed by atoms with Gasteiger partial charge in [0.1, 0.15) is 0 Å². The first kappa shape index (κ1) is 13.8. The van der Waals surface area contributed by atoms with Crippen molar-refractivity contribution in [3.8, 4) is 0 Å². The van der Waals surface area contributed by atoms with Crippen LogP contribution in [-0.2, 0) is 11.3 Å². The number of hydrogen-bond donors (Lipinski definition) is 1. The molecule has 2 heterocycles. The minimum Gasteiger partial charge on any atom is -0.380 e. The molecule has 1 aromatic rings. The van der Waals surface area contributed by atoms with Crippen molar-refractivity contribution in [2.45, 2.75) is 45.4 Å². The van der Waals surface area contributed by atoms with Crippen molar-refractivity contribution in [2.75, 3.05) is 25.1 Å². The number of nitrogens with one attached hydrogen (secondary N) is 1. The Morgan fingerprint density at radius 3 is 3.17 bits per heavy atom. The Morgan fingerprint density at radius 2 is 2.44 bits per heavy atom. The van der Waals surface area contributed by atoms with E-state index < -0.39 is 0 Å². The number of nitrogens with zero attached hydrogens (tertiary/aromatic N) is 2. The maximum absolute atomic E-state index is 5.45. The smallest absolute Gasteiger partial charge is 0.185 e. The summed E-state index contributed by atoms with van der Waals surface area (Å²) in [6, 6.07) is 0.503. The zero-order valence-corrected chi connectivity index (χ0v) is 12.3. The Kier molecular flexibility index (Phi) is 4.97. The maximum Gasteiger partial charge on any atom is 0.185 e. The van der Waals surface area contributed by atoms with Crippen LogP contribution in [0.15, 0.2) is 5.38 Å². The van der Waals surface area contributed by atoms with Gasteiger partial charge in [-0.05, 0) is 12.8 Å². The third-order valence-corrected chi connectivity index (χ3v) is 4.16. The van der Waals surface area contributed by atoms with Gasteiger partial charge in [0.15, 0.2) is 5.13 Å². The van der Waals surface area contributed by atoms with E-state index in [1.165, 1.54) is 12.8 Å². The molecule has 1 fully saturated rings. The molecular weight excluding hydrogens is 246 g/mol. The van der Waals surface area contributed by atoms with Gasteiger partial charge in [-0.25, -0.2) is 4.98 Å². The van der Waals surface area contributed by atoms with Gasteiger partial charge < -0.3 is 15.0 Å². The molecular formula is C13H23N3OS. The molecule has 0 radical (unpaired) electrons. The van der Waals surface area contributed by atoms with Crippen LogP contribution in [0.5, 0.6) is 0 Å². The van der Waals surface area contributed by atoms with Crippen LogP contribution in [-0.4, -0.2) is 37.3 Å². The summed E-state index contributed by atoms with van der Waals surface area (Å²) >= 11 is 1.74. The Morgan fingerprint density at radius 1 is 1.61 bits per heavy atom. The average molecular weight is 269 g/mol. The second kappa shape index (κ2) is 6.50. The topological polar surface area (TPSA) is 37.4 Å². The van der Waals surface area contributed by atoms with Crippen molar-refractivity contribution < 1.29 is 4.74 Å². The van der Waals surface area contributed by atoms with Gasteiger partial charge in [0.05, 0.1) is 11.8 Å². The second-order valence-electron chi connectivity index (χ2n) is 5.10. The fourth-order valence-corrected chi connectivity index (χ4v) is 3.00. The van der Waals surface area contributed by atoms with Gasteiger partial charge in [0.25, 0.3) is 0 Å². The van der Waals surface area contributed by atoms with E-state index >= 15 is 0 Å². The van der Waals surface area contributed by atoms with Crippen molar-refractivity contribution in [3.63, 3.8) is 0 Å². The Bertz CT molecular complexity index is 367. The summed E-state index contributed by atoms with van der Waals surface area (Å²) in [6.07, 6.45) is 2.72. The first-order valence-electron chi connectivity index (χ1n) is 6.64. The summed E-state index contributed by atoms with van der Waals surface area (Å²) < 4.78 is 5.45. The molecule has 0 amide bonds. The van der Waals surface area contributed by atoms with E-state index in [-0.39, 0.29) is 0 Å². The van der Waals surface area contributed by atoms with Crippen molar-refractivity contribution in [1.29, 1.82) is 0 Å². The number of aromatic nitrogens is 1. The second-order valence-corrected chi connectivity index (χ2v) is 5.94. The lowest BCUT2D eigenvalue weighted by Gasteiger charge is -2.31. The van der Waals surface area contributed by atoms with E-state index in [2.05, 4.69) is 29.4 Å². The lowest BCUT2D eigenvalue weighted by atomic mass is 10.1. The molecule has 0 saturated carbocycles. The first-order chi connectivity index (χ1) is 8.69. The lowest BCUT2D eigenvalue weighted by molar-refractivity contribution is 0.0893. The molecule has 102 valence electrons. The van der Waals surface area contributed by atoms with E-state index in [4.69, 9.17) is 9.72 Å². The zero-order chi connectivity index (χ0) is 13.0. The molecule has 1 saturated heterocycles. The Balaban J connectivity index is 1.92. The molecule has 2 rings (SSSR count). The Hall–Kier alpha value is -0.650. The third-order valence-electron chi connectivity index (χ3n) is 3.21. The number of rotatable bonds is 5. The quantitative estimate of drug-likeness (QED) is 0.889. The lowest BCUT2D eigenvalue weighted by Crippen LogP contribution is -2.39. The van der Waals surface area contributed by atoms with Crippen LogP contribution in [0, 0.1) is 0 Å². The highest BCUT2D eigenvalue weighted by Crippen LogP contribution is 2.24. The summed E-state index contributed by atoms with van der Waals surface area (Å²) in [5.74, 6) is 0. The molecule has 1 aliphatic rings. The van der Waals surface area contributed by atoms with Gasteiger partial charge in [0, 0.05) is 38.2 Å². The highest BCUT2D eigenvalue weighted by molar-refractivity contribution is 7.13. The van der Waals surface area contributed by atoms with Gasteiger partial charge >= 0.3 is 0 Å². The normalized spacial score (nSPS) is 20.7. The largest absolute Gasteiger partial charge is 0.380 e. The molecule has 1 N–H and O–H groups in total. The van der Waals surface area contributed by atoms with Crippen LogP contribution in [0.25, 0.3) is 0 Å². The van der Waals surface area contributed by atoms with E-state index in [9.17, 15) is 0 Å². The van der Waals surface area contributed by atoms with Crippen molar-refractivity contribution in [2.24, 2.45) is 0 Å². The molecule has 0 bridgehead atoms. The molecule has 1 aliphatic heterocycles. The predicted molar refractivity (Wildman–Crippen MR) is 76.3 cm³/mol. The Labute approximate surface area is 113 Å². The minimum atomic E-state index is 0.361. The summed E-state index contributed by atoms with van der Waals surface area (Å²) in [6.45, 7) is 7.24. The van der Waals surface area contributed by atoms with E-state index in [0.29, 0.717) is 12.1 Å². The molecule has 18 heavy (non-hydrogen) atoms. The fraction of sp³-hybridized carbons (Fsp3) is 0.769. The van der Waals surface area contributed by atoms with Crippen LogP contribution in [0.1, 0.15) is 32.4 Å². The summed E-state index contributed by atoms with van der Waals surface area (Å²) in [7, 11) is 1.80. The van der Waals surface area contributed by atoms with E-state index in [1.807, 2.05) is 0 Å². The van der Waals surface area contributed by atoms with Gasteiger partial charge in [-0.2, -0.15) is 0 Å².